The number of hydrogen-bond donors (Lipinski definition) is 2. The Morgan fingerprint density at radius 3 is 2.37 bits per heavy atom. The zero-order valence-corrected chi connectivity index (χ0v) is 19.8. The van der Waals surface area contributed by atoms with Gasteiger partial charge in [0.25, 0.3) is 0 Å². The maximum absolute atomic E-state index is 13.8. The molecule has 176 valence electrons. The third-order valence-corrected chi connectivity index (χ3v) is 6.80. The highest BCUT2D eigenvalue weighted by atomic mass is 19.1. The van der Waals surface area contributed by atoms with Crippen LogP contribution in [0.25, 0.3) is 5.76 Å². The van der Waals surface area contributed by atoms with Crippen molar-refractivity contribution < 1.29 is 14.3 Å². The fourth-order valence-corrected chi connectivity index (χ4v) is 5.10. The molecule has 1 aliphatic carbocycles. The maximum atomic E-state index is 13.8. The second kappa shape index (κ2) is 8.99. The summed E-state index contributed by atoms with van der Waals surface area (Å²) < 4.78 is 13.8. The number of carbonyl (C=O) groups is 1. The van der Waals surface area contributed by atoms with Gasteiger partial charge in [0.2, 0.25) is 0 Å². The van der Waals surface area contributed by atoms with Crippen LogP contribution in [-0.2, 0) is 4.79 Å². The van der Waals surface area contributed by atoms with Crippen molar-refractivity contribution >= 4 is 23.1 Å². The molecule has 1 atom stereocenters. The zero-order chi connectivity index (χ0) is 24.7. The normalized spacial score (nSPS) is 19.6. The monoisotopic (exact) mass is 466 g/mol. The van der Waals surface area contributed by atoms with Crippen LogP contribution in [0.5, 0.6) is 0 Å². The molecule has 0 bridgehead atoms. The lowest BCUT2D eigenvalue weighted by atomic mass is 9.73. The van der Waals surface area contributed by atoms with Gasteiger partial charge < -0.3 is 5.11 Å². The van der Waals surface area contributed by atoms with Gasteiger partial charge in [0, 0.05) is 40.4 Å². The fraction of sp³-hybridized carbons (Fsp3) is 0.200. The number of amidine groups is 1. The highest BCUT2D eigenvalue weighted by Gasteiger charge is 2.43. The van der Waals surface area contributed by atoms with E-state index >= 15 is 0 Å². The van der Waals surface area contributed by atoms with E-state index in [0.29, 0.717) is 41.5 Å². The number of nitrogens with one attached hydrogen (secondary N) is 1. The second-order valence-electron chi connectivity index (χ2n) is 9.27. The van der Waals surface area contributed by atoms with Crippen LogP contribution in [0.4, 0.5) is 10.1 Å². The summed E-state index contributed by atoms with van der Waals surface area (Å²) in [7, 11) is 0. The van der Waals surface area contributed by atoms with Crippen LogP contribution in [-0.4, -0.2) is 16.7 Å². The predicted octanol–water partition coefficient (Wildman–Crippen LogP) is 7.00. The molecule has 2 N–H and O–H groups in total. The molecule has 5 rings (SSSR count). The first kappa shape index (κ1) is 22.8. The molecule has 0 saturated heterocycles. The third kappa shape index (κ3) is 4.08. The van der Waals surface area contributed by atoms with Gasteiger partial charge in [0.05, 0.1) is 0 Å². The molecule has 0 spiro atoms. The molecule has 3 aromatic rings. The minimum atomic E-state index is -0.659. The van der Waals surface area contributed by atoms with E-state index in [-0.39, 0.29) is 23.2 Å². The van der Waals surface area contributed by atoms with Gasteiger partial charge in [-0.3, -0.25) is 15.1 Å². The zero-order valence-electron chi connectivity index (χ0n) is 19.8. The molecule has 1 unspecified atom stereocenters. The molecule has 35 heavy (non-hydrogen) atoms. The SMILES string of the molecule is Cc1ccc(/C(O)=C2\C(=N)N(c3cccc(C)c3)C3=C(C(=O)CCC3)C2c2ccc(F)cc2)cc1. The van der Waals surface area contributed by atoms with Crippen LogP contribution >= 0.6 is 0 Å². The molecule has 0 radical (unpaired) electrons. The van der Waals surface area contributed by atoms with Gasteiger partial charge in [-0.15, -0.1) is 0 Å². The molecule has 5 heteroatoms. The first-order valence-corrected chi connectivity index (χ1v) is 11.8. The molecular weight excluding hydrogens is 439 g/mol. The lowest BCUT2D eigenvalue weighted by Gasteiger charge is -2.42. The number of ketones is 1. The number of hydrogen-bond acceptors (Lipinski definition) is 3. The summed E-state index contributed by atoms with van der Waals surface area (Å²) in [5.74, 6) is -0.963. The highest BCUT2D eigenvalue weighted by Crippen LogP contribution is 2.47. The molecule has 0 aromatic heterocycles. The summed E-state index contributed by atoms with van der Waals surface area (Å²) in [5.41, 5.74) is 5.82. The highest BCUT2D eigenvalue weighted by molar-refractivity contribution is 6.19. The average Bonchev–Trinajstić information content (AvgIpc) is 2.84. The lowest BCUT2D eigenvalue weighted by Crippen LogP contribution is -2.42. The summed E-state index contributed by atoms with van der Waals surface area (Å²) in [4.78, 5) is 15.3. The average molecular weight is 467 g/mol. The van der Waals surface area contributed by atoms with E-state index in [1.165, 1.54) is 12.1 Å². The van der Waals surface area contributed by atoms with Crippen LogP contribution in [0.2, 0.25) is 0 Å². The van der Waals surface area contributed by atoms with E-state index in [9.17, 15) is 19.7 Å². The summed E-state index contributed by atoms with van der Waals surface area (Å²) in [6.07, 6.45) is 1.75. The maximum Gasteiger partial charge on any atom is 0.161 e. The van der Waals surface area contributed by atoms with E-state index in [2.05, 4.69) is 0 Å². The summed E-state index contributed by atoms with van der Waals surface area (Å²) >= 11 is 0. The fourth-order valence-electron chi connectivity index (χ4n) is 5.10. The van der Waals surface area contributed by atoms with E-state index in [1.54, 1.807) is 17.0 Å². The largest absolute Gasteiger partial charge is 0.507 e. The van der Waals surface area contributed by atoms with Crippen molar-refractivity contribution in [2.45, 2.75) is 39.0 Å². The lowest BCUT2D eigenvalue weighted by molar-refractivity contribution is -0.116. The molecule has 4 nitrogen and oxygen atoms in total. The number of rotatable bonds is 3. The van der Waals surface area contributed by atoms with Gasteiger partial charge in [0.1, 0.15) is 17.4 Å². The Kier molecular flexibility index (Phi) is 5.85. The van der Waals surface area contributed by atoms with Crippen molar-refractivity contribution in [2.75, 3.05) is 4.90 Å². The topological polar surface area (TPSA) is 64.4 Å². The van der Waals surface area contributed by atoms with E-state index in [0.717, 1.165) is 22.5 Å². The number of carbonyl (C=O) groups excluding carboxylic acids is 1. The molecule has 0 amide bonds. The Morgan fingerprint density at radius 1 is 0.971 bits per heavy atom. The Labute approximate surface area is 204 Å². The number of aryl methyl sites for hydroxylation is 2. The van der Waals surface area contributed by atoms with Crippen LogP contribution in [0.1, 0.15) is 47.4 Å². The Bertz CT molecular complexity index is 1380. The predicted molar refractivity (Wildman–Crippen MR) is 137 cm³/mol. The Morgan fingerprint density at radius 2 is 1.69 bits per heavy atom. The van der Waals surface area contributed by atoms with Gasteiger partial charge in [-0.05, 0) is 62.1 Å². The van der Waals surface area contributed by atoms with Crippen molar-refractivity contribution in [1.29, 1.82) is 5.41 Å². The molecule has 2 aliphatic rings. The first-order chi connectivity index (χ1) is 16.8. The van der Waals surface area contributed by atoms with Crippen molar-refractivity contribution in [3.8, 4) is 0 Å². The number of aliphatic hydroxyl groups excluding tert-OH is 1. The van der Waals surface area contributed by atoms with Crippen LogP contribution in [0.15, 0.2) is 89.6 Å². The smallest absolute Gasteiger partial charge is 0.161 e. The molecule has 0 saturated carbocycles. The second-order valence-corrected chi connectivity index (χ2v) is 9.27. The number of allylic oxidation sites excluding steroid dienone is 2. The van der Waals surface area contributed by atoms with Crippen LogP contribution in [0, 0.1) is 25.1 Å². The molecule has 0 fully saturated rings. The minimum Gasteiger partial charge on any atom is -0.507 e. The van der Waals surface area contributed by atoms with Crippen molar-refractivity contribution in [1.82, 2.24) is 0 Å². The minimum absolute atomic E-state index is 0.0000609. The number of halogens is 1. The molecule has 1 aliphatic heterocycles. The number of nitrogens with zero attached hydrogens (tertiary/aromatic N) is 1. The van der Waals surface area contributed by atoms with Crippen LogP contribution in [0.3, 0.4) is 0 Å². The first-order valence-electron chi connectivity index (χ1n) is 11.8. The Balaban J connectivity index is 1.82. The number of benzene rings is 3. The van der Waals surface area contributed by atoms with Crippen LogP contribution < -0.4 is 4.90 Å². The molecule has 1 heterocycles. The number of anilines is 1. The van der Waals surface area contributed by atoms with Gasteiger partial charge >= 0.3 is 0 Å². The quantitative estimate of drug-likeness (QED) is 0.409. The Hall–Kier alpha value is -3.99. The van der Waals surface area contributed by atoms with E-state index in [1.807, 2.05) is 62.4 Å². The summed E-state index contributed by atoms with van der Waals surface area (Å²) in [5, 5.41) is 20.9. The summed E-state index contributed by atoms with van der Waals surface area (Å²) in [6, 6.07) is 21.3. The standard InChI is InChI=1S/C30H27FN2O2/c1-18-9-11-21(12-10-18)29(35)28-26(20-13-15-22(31)16-14-20)27-24(7-4-8-25(27)34)33(30(28)32)23-6-3-5-19(2)17-23/h3,5-6,9-17,26,32,35H,4,7-8H2,1-2H3/b29-28+,32-30?. The van der Waals surface area contributed by atoms with Gasteiger partial charge in [-0.1, -0.05) is 54.1 Å². The molecule has 3 aromatic carbocycles. The van der Waals surface area contributed by atoms with Crippen molar-refractivity contribution in [3.05, 3.63) is 118 Å². The van der Waals surface area contributed by atoms with E-state index < -0.39 is 5.92 Å². The van der Waals surface area contributed by atoms with Gasteiger partial charge in [0.15, 0.2) is 5.78 Å². The third-order valence-electron chi connectivity index (χ3n) is 6.80. The van der Waals surface area contributed by atoms with Crippen molar-refractivity contribution in [3.63, 3.8) is 0 Å². The number of Topliss-reactive ketones (excluding diaryl/α,β-unsaturated/α-hetero) is 1. The molecular formula is C30H27FN2O2. The van der Waals surface area contributed by atoms with Gasteiger partial charge in [-0.2, -0.15) is 0 Å². The van der Waals surface area contributed by atoms with Gasteiger partial charge in [-0.25, -0.2) is 4.39 Å². The van der Waals surface area contributed by atoms with Crippen molar-refractivity contribution in [2.24, 2.45) is 0 Å². The van der Waals surface area contributed by atoms with E-state index in [4.69, 9.17) is 0 Å². The number of aliphatic hydroxyl groups is 1. The summed E-state index contributed by atoms with van der Waals surface area (Å²) in [6.45, 7) is 3.95.